The number of nitrogens with zero attached hydrogens (tertiary/aromatic N) is 4. The first kappa shape index (κ1) is 27.4. The zero-order chi connectivity index (χ0) is 26.9. The second-order valence-electron chi connectivity index (χ2n) is 9.41. The van der Waals surface area contributed by atoms with Gasteiger partial charge in [-0.25, -0.2) is 0 Å². The van der Waals surface area contributed by atoms with E-state index >= 15 is 0 Å². The zero-order valence-corrected chi connectivity index (χ0v) is 23.8. The molecule has 2 atom stereocenters. The van der Waals surface area contributed by atoms with Crippen LogP contribution in [0.4, 0.5) is 10.3 Å². The monoisotopic (exact) mass is 578 g/mol. The summed E-state index contributed by atoms with van der Waals surface area (Å²) in [5.41, 5.74) is 2.75. The molecule has 11 heteroatoms. The zero-order valence-electron chi connectivity index (χ0n) is 21.4. The van der Waals surface area contributed by atoms with Gasteiger partial charge in [0.15, 0.2) is 0 Å². The van der Waals surface area contributed by atoms with Crippen molar-refractivity contribution in [2.24, 2.45) is 5.92 Å². The van der Waals surface area contributed by atoms with Crippen molar-refractivity contribution in [3.05, 3.63) is 81.8 Å². The van der Waals surface area contributed by atoms with Gasteiger partial charge in [0, 0.05) is 18.8 Å². The highest BCUT2D eigenvalue weighted by atomic mass is 32.2. The number of rotatable bonds is 12. The Morgan fingerprint density at radius 2 is 1.44 bits per heavy atom. The van der Waals surface area contributed by atoms with Crippen LogP contribution < -0.4 is 10.6 Å². The molecule has 2 N–H and O–H groups in total. The number of hydrogen-bond acceptors (Lipinski definition) is 9. The van der Waals surface area contributed by atoms with Gasteiger partial charge in [0.2, 0.25) is 22.6 Å². The van der Waals surface area contributed by atoms with Crippen molar-refractivity contribution in [3.8, 4) is 0 Å². The first-order chi connectivity index (χ1) is 19.2. The third-order valence-electron chi connectivity index (χ3n) is 6.47. The number of carbonyl (C=O) groups is 2. The molecule has 6 rings (SSSR count). The van der Waals surface area contributed by atoms with Crippen LogP contribution in [0, 0.1) is 5.92 Å². The van der Waals surface area contributed by atoms with Gasteiger partial charge >= 0.3 is 0 Å². The van der Waals surface area contributed by atoms with Crippen LogP contribution in [-0.4, -0.2) is 44.2 Å². The Hall–Kier alpha value is -3.15. The fourth-order valence-electron chi connectivity index (χ4n) is 4.18. The van der Waals surface area contributed by atoms with Crippen LogP contribution in [0.5, 0.6) is 0 Å². The average Bonchev–Trinajstić information content (AvgIpc) is 3.89. The Kier molecular flexibility index (Phi) is 9.68. The summed E-state index contributed by atoms with van der Waals surface area (Å²) >= 11 is 4.63. The smallest absolute Gasteiger partial charge is 0.229 e. The largest absolute Gasteiger partial charge is 0.303 e. The van der Waals surface area contributed by atoms with Crippen LogP contribution in [0.3, 0.4) is 0 Å². The Bertz CT molecular complexity index is 1340. The van der Waals surface area contributed by atoms with E-state index in [4.69, 9.17) is 0 Å². The molecule has 2 aromatic carbocycles. The lowest BCUT2D eigenvalue weighted by Crippen LogP contribution is -2.14. The van der Waals surface area contributed by atoms with Crippen LogP contribution in [-0.2, 0) is 22.4 Å². The lowest BCUT2D eigenvalue weighted by molar-refractivity contribution is -0.117. The number of amides is 2. The quantitative estimate of drug-likeness (QED) is 0.162. The Morgan fingerprint density at radius 3 is 2.05 bits per heavy atom. The fraction of sp³-hybridized carbons (Fsp3) is 0.357. The first-order valence-electron chi connectivity index (χ1n) is 13.0. The number of hydrogen-bond donors (Lipinski definition) is 2. The Morgan fingerprint density at radius 1 is 0.846 bits per heavy atom. The summed E-state index contributed by atoms with van der Waals surface area (Å²) in [4.78, 5) is 22.8. The molecule has 0 spiro atoms. The molecule has 202 valence electrons. The molecule has 0 radical (unpaired) electrons. The van der Waals surface area contributed by atoms with Crippen molar-refractivity contribution in [2.45, 2.75) is 43.9 Å². The summed E-state index contributed by atoms with van der Waals surface area (Å²) in [7, 11) is 0. The molecule has 2 fully saturated rings. The molecule has 2 heterocycles. The van der Waals surface area contributed by atoms with Crippen LogP contribution in [0.1, 0.15) is 52.2 Å². The number of anilines is 2. The second kappa shape index (κ2) is 13.8. The highest BCUT2D eigenvalue weighted by Gasteiger charge is 2.44. The third kappa shape index (κ3) is 8.42. The summed E-state index contributed by atoms with van der Waals surface area (Å²) in [6.45, 7) is 0. The molecule has 2 saturated carbocycles. The minimum absolute atomic E-state index is 0.0258. The SMILES string of the molecule is O=CNc1nnc(CCSCCc2nnc(NC(=O)C3C[C@@H]3c3ccccc3)s2)s1.c1ccc(C2CC2)cc1. The molecule has 2 aromatic heterocycles. The Balaban J connectivity index is 0.000000287. The highest BCUT2D eigenvalue weighted by molar-refractivity contribution is 7.99. The fourth-order valence-corrected chi connectivity index (χ4v) is 6.76. The van der Waals surface area contributed by atoms with Gasteiger partial charge < -0.3 is 10.6 Å². The minimum atomic E-state index is 0.0258. The standard InChI is InChI=1S/C19H20N6O2S3.C9H10/c26-11-20-18-24-22-15(29-18)6-8-28-9-7-16-23-25-19(30-16)21-17(27)14-10-13(14)12-4-2-1-3-5-12;1-2-4-8(5-3-1)9-6-7-9/h1-5,11,13-14H,6-10H2,(H,20,24,26)(H,21,25,27);1-5,9H,6-7H2/t13-,14?;/m1./s1. The molecule has 4 aromatic rings. The lowest BCUT2D eigenvalue weighted by Gasteiger charge is -2.01. The van der Waals surface area contributed by atoms with Gasteiger partial charge in [-0.15, -0.1) is 20.4 Å². The van der Waals surface area contributed by atoms with Gasteiger partial charge in [-0.3, -0.25) is 9.59 Å². The van der Waals surface area contributed by atoms with E-state index in [1.807, 2.05) is 18.2 Å². The number of nitrogens with one attached hydrogen (secondary N) is 2. The summed E-state index contributed by atoms with van der Waals surface area (Å²) < 4.78 is 0. The van der Waals surface area contributed by atoms with Crippen LogP contribution in [0.15, 0.2) is 60.7 Å². The van der Waals surface area contributed by atoms with Crippen LogP contribution >= 0.6 is 34.4 Å². The molecule has 0 aliphatic heterocycles. The maximum absolute atomic E-state index is 12.4. The van der Waals surface area contributed by atoms with Crippen LogP contribution in [0.25, 0.3) is 0 Å². The molecule has 0 saturated heterocycles. The van der Waals surface area contributed by atoms with Crippen molar-refractivity contribution < 1.29 is 9.59 Å². The van der Waals surface area contributed by atoms with Gasteiger partial charge in [-0.2, -0.15) is 11.8 Å². The van der Waals surface area contributed by atoms with Crippen molar-refractivity contribution >= 4 is 57.0 Å². The van der Waals surface area contributed by atoms with Crippen LogP contribution in [0.2, 0.25) is 0 Å². The average molecular weight is 579 g/mol. The summed E-state index contributed by atoms with van der Waals surface area (Å²) in [6.07, 6.45) is 5.92. The van der Waals surface area contributed by atoms with E-state index in [9.17, 15) is 9.59 Å². The maximum atomic E-state index is 12.4. The highest BCUT2D eigenvalue weighted by Crippen LogP contribution is 2.48. The van der Waals surface area contributed by atoms with Crippen molar-refractivity contribution in [1.82, 2.24) is 20.4 Å². The molecule has 8 nitrogen and oxygen atoms in total. The van der Waals surface area contributed by atoms with Gasteiger partial charge in [0.1, 0.15) is 10.0 Å². The van der Waals surface area contributed by atoms with Gasteiger partial charge in [-0.05, 0) is 53.7 Å². The van der Waals surface area contributed by atoms with E-state index in [0.717, 1.165) is 46.7 Å². The molecule has 2 aliphatic carbocycles. The number of thioether (sulfide) groups is 1. The predicted octanol–water partition coefficient (Wildman–Crippen LogP) is 5.78. The summed E-state index contributed by atoms with van der Waals surface area (Å²) in [6, 6.07) is 20.9. The topological polar surface area (TPSA) is 110 Å². The molecule has 2 amide bonds. The molecule has 1 unspecified atom stereocenters. The van der Waals surface area contributed by atoms with E-state index in [0.29, 0.717) is 22.6 Å². The number of benzene rings is 2. The first-order valence-corrected chi connectivity index (χ1v) is 15.8. The van der Waals surface area contributed by atoms with Crippen molar-refractivity contribution in [2.75, 3.05) is 22.1 Å². The normalized spacial score (nSPS) is 17.5. The molecule has 0 bridgehead atoms. The minimum Gasteiger partial charge on any atom is -0.303 e. The number of carbonyl (C=O) groups excluding carboxylic acids is 2. The van der Waals surface area contributed by atoms with E-state index in [1.165, 1.54) is 46.6 Å². The third-order valence-corrected chi connectivity index (χ3v) is 9.27. The summed E-state index contributed by atoms with van der Waals surface area (Å²) in [5, 5.41) is 24.5. The predicted molar refractivity (Wildman–Crippen MR) is 159 cm³/mol. The lowest BCUT2D eigenvalue weighted by atomic mass is 10.1. The molecule has 2 aliphatic rings. The Labute approximate surface area is 240 Å². The van der Waals surface area contributed by atoms with E-state index in [1.54, 1.807) is 11.8 Å². The molecular formula is C28H30N6O2S3. The second-order valence-corrected chi connectivity index (χ2v) is 12.8. The number of aromatic nitrogens is 4. The molecule has 39 heavy (non-hydrogen) atoms. The maximum Gasteiger partial charge on any atom is 0.229 e. The van der Waals surface area contributed by atoms with Crippen molar-refractivity contribution in [1.29, 1.82) is 0 Å². The molecular weight excluding hydrogens is 549 g/mol. The summed E-state index contributed by atoms with van der Waals surface area (Å²) in [5.74, 6) is 3.11. The van der Waals surface area contributed by atoms with E-state index in [-0.39, 0.29) is 11.8 Å². The van der Waals surface area contributed by atoms with Gasteiger partial charge in [0.05, 0.1) is 0 Å². The van der Waals surface area contributed by atoms with Gasteiger partial charge in [-0.1, -0.05) is 83.3 Å². The van der Waals surface area contributed by atoms with E-state index < -0.39 is 0 Å². The van der Waals surface area contributed by atoms with Gasteiger partial charge in [0.25, 0.3) is 0 Å². The van der Waals surface area contributed by atoms with E-state index in [2.05, 4.69) is 73.5 Å². The number of aryl methyl sites for hydroxylation is 2. The van der Waals surface area contributed by atoms with Crippen molar-refractivity contribution in [3.63, 3.8) is 0 Å².